The van der Waals surface area contributed by atoms with Crippen molar-refractivity contribution in [3.05, 3.63) is 64.7 Å². The number of aliphatic hydroxyl groups is 1. The largest absolute Gasteiger partial charge is 0.467 e. The van der Waals surface area contributed by atoms with Gasteiger partial charge in [-0.2, -0.15) is 0 Å². The molecule has 2 aromatic rings. The highest BCUT2D eigenvalue weighted by Gasteiger charge is 2.55. The van der Waals surface area contributed by atoms with Gasteiger partial charge in [-0.25, -0.2) is 9.18 Å². The molecule has 2 atom stereocenters. The van der Waals surface area contributed by atoms with Crippen molar-refractivity contribution in [2.45, 2.75) is 62.1 Å². The van der Waals surface area contributed by atoms with Gasteiger partial charge < -0.3 is 15.2 Å². The average molecular weight is 460 g/mol. The Morgan fingerprint density at radius 3 is 2.59 bits per heavy atom. The molecule has 0 amide bonds. The number of benzene rings is 2. The monoisotopic (exact) mass is 459 g/mol. The number of hydrogen-bond donors (Lipinski definition) is 2. The fourth-order valence-corrected chi connectivity index (χ4v) is 6.12. The van der Waals surface area contributed by atoms with Crippen molar-refractivity contribution >= 4 is 23.3 Å². The standard InChI is InChI=1S/C26H31ClFNO3/c1-24(28,17-30)16-19-14-18-6-3-4-9-22(18)25(19)10-12-26(13-11-25,23(31)32-2)29-21-8-5-7-20(27)15-21/h3-9,15,19,29-30H,10-14,16-17H2,1-2H3. The highest BCUT2D eigenvalue weighted by Crippen LogP contribution is 2.56. The molecular weight excluding hydrogens is 429 g/mol. The summed E-state index contributed by atoms with van der Waals surface area (Å²) in [4.78, 5) is 13.0. The van der Waals surface area contributed by atoms with Crippen LogP contribution in [0.25, 0.3) is 0 Å². The lowest BCUT2D eigenvalue weighted by molar-refractivity contribution is -0.148. The third kappa shape index (κ3) is 4.13. The molecule has 1 fully saturated rings. The van der Waals surface area contributed by atoms with Crippen molar-refractivity contribution in [2.75, 3.05) is 19.0 Å². The zero-order chi connectivity index (χ0) is 23.0. The SMILES string of the molecule is COC(=O)C1(Nc2cccc(Cl)c2)CCC2(CC1)c1ccccc1CC2CC(C)(F)CO. The molecular formula is C26H31ClFNO3. The van der Waals surface area contributed by atoms with E-state index < -0.39 is 17.8 Å². The second kappa shape index (κ2) is 8.68. The van der Waals surface area contributed by atoms with Crippen LogP contribution >= 0.6 is 11.6 Å². The predicted molar refractivity (Wildman–Crippen MR) is 125 cm³/mol. The van der Waals surface area contributed by atoms with Crippen molar-refractivity contribution in [3.63, 3.8) is 0 Å². The Labute approximate surface area is 194 Å². The molecule has 6 heteroatoms. The van der Waals surface area contributed by atoms with Crippen LogP contribution in [0.5, 0.6) is 0 Å². The Kier molecular flexibility index (Phi) is 6.25. The maximum absolute atomic E-state index is 14.9. The maximum atomic E-state index is 14.9. The predicted octanol–water partition coefficient (Wildman–Crippen LogP) is 5.46. The summed E-state index contributed by atoms with van der Waals surface area (Å²) in [6.45, 7) is 0.990. The highest BCUT2D eigenvalue weighted by atomic mass is 35.5. The van der Waals surface area contributed by atoms with E-state index in [0.717, 1.165) is 24.9 Å². The Bertz CT molecular complexity index is 985. The zero-order valence-corrected chi connectivity index (χ0v) is 19.4. The van der Waals surface area contributed by atoms with Crippen LogP contribution in [0.1, 0.15) is 50.2 Å². The molecule has 2 unspecified atom stereocenters. The molecule has 4 rings (SSSR count). The first-order valence-corrected chi connectivity index (χ1v) is 11.6. The van der Waals surface area contributed by atoms with E-state index in [4.69, 9.17) is 16.3 Å². The topological polar surface area (TPSA) is 58.6 Å². The van der Waals surface area contributed by atoms with Crippen LogP contribution < -0.4 is 5.32 Å². The Balaban J connectivity index is 1.66. The molecule has 0 bridgehead atoms. The number of rotatable bonds is 6. The molecule has 1 spiro atoms. The van der Waals surface area contributed by atoms with Gasteiger partial charge in [-0.15, -0.1) is 0 Å². The van der Waals surface area contributed by atoms with Crippen molar-refractivity contribution in [2.24, 2.45) is 5.92 Å². The van der Waals surface area contributed by atoms with E-state index in [1.54, 1.807) is 12.1 Å². The minimum absolute atomic E-state index is 0.0730. The number of esters is 1. The fourth-order valence-electron chi connectivity index (χ4n) is 5.93. The van der Waals surface area contributed by atoms with E-state index >= 15 is 0 Å². The Morgan fingerprint density at radius 1 is 1.22 bits per heavy atom. The lowest BCUT2D eigenvalue weighted by Gasteiger charge is -2.48. The highest BCUT2D eigenvalue weighted by molar-refractivity contribution is 6.30. The minimum atomic E-state index is -1.63. The molecule has 0 saturated heterocycles. The van der Waals surface area contributed by atoms with E-state index in [9.17, 15) is 14.3 Å². The van der Waals surface area contributed by atoms with Crippen LogP contribution in [0, 0.1) is 5.92 Å². The number of carbonyl (C=O) groups excluding carboxylic acids is 1. The number of halogens is 2. The van der Waals surface area contributed by atoms with Gasteiger partial charge in [0.1, 0.15) is 11.2 Å². The lowest BCUT2D eigenvalue weighted by atomic mass is 9.59. The van der Waals surface area contributed by atoms with Gasteiger partial charge in [0.25, 0.3) is 0 Å². The van der Waals surface area contributed by atoms with Crippen LogP contribution in [-0.4, -0.2) is 36.0 Å². The molecule has 2 aliphatic carbocycles. The van der Waals surface area contributed by atoms with Gasteiger partial charge >= 0.3 is 5.97 Å². The van der Waals surface area contributed by atoms with Crippen molar-refractivity contribution in [3.8, 4) is 0 Å². The summed E-state index contributed by atoms with van der Waals surface area (Å²) in [5.41, 5.74) is 0.587. The summed E-state index contributed by atoms with van der Waals surface area (Å²) in [5, 5.41) is 13.6. The van der Waals surface area contributed by atoms with Crippen LogP contribution in [0.3, 0.4) is 0 Å². The van der Waals surface area contributed by atoms with Crippen molar-refractivity contribution < 1.29 is 19.0 Å². The summed E-state index contributed by atoms with van der Waals surface area (Å²) < 4.78 is 20.2. The summed E-state index contributed by atoms with van der Waals surface area (Å²) in [5.74, 6) is -0.218. The van der Waals surface area contributed by atoms with Gasteiger partial charge in [0, 0.05) is 10.7 Å². The van der Waals surface area contributed by atoms with Crippen LogP contribution in [0.2, 0.25) is 5.02 Å². The number of fused-ring (bicyclic) bond motifs is 2. The second-order valence-electron chi connectivity index (χ2n) is 9.70. The number of nitrogens with one attached hydrogen (secondary N) is 1. The first-order chi connectivity index (χ1) is 15.2. The van der Waals surface area contributed by atoms with Crippen molar-refractivity contribution in [1.29, 1.82) is 0 Å². The third-order valence-corrected chi connectivity index (χ3v) is 7.82. The van der Waals surface area contributed by atoms with Gasteiger partial charge in [0.05, 0.1) is 13.7 Å². The van der Waals surface area contributed by atoms with Gasteiger partial charge in [-0.1, -0.05) is 41.9 Å². The molecule has 172 valence electrons. The first-order valence-electron chi connectivity index (χ1n) is 11.2. The number of aliphatic hydroxyl groups excluding tert-OH is 1. The van der Waals surface area contributed by atoms with Gasteiger partial charge in [-0.3, -0.25) is 0 Å². The summed E-state index contributed by atoms with van der Waals surface area (Å²) in [6.07, 6.45) is 3.70. The van der Waals surface area contributed by atoms with E-state index in [1.807, 2.05) is 24.3 Å². The quantitative estimate of drug-likeness (QED) is 0.563. The Hall–Kier alpha value is -2.11. The minimum Gasteiger partial charge on any atom is -0.467 e. The molecule has 0 radical (unpaired) electrons. The van der Waals surface area contributed by atoms with Gasteiger partial charge in [-0.05, 0) is 86.1 Å². The number of ether oxygens (including phenoxy) is 1. The molecule has 4 nitrogen and oxygen atoms in total. The van der Waals surface area contributed by atoms with Crippen molar-refractivity contribution in [1.82, 2.24) is 0 Å². The number of methoxy groups -OCH3 is 1. The van der Waals surface area contributed by atoms with E-state index in [0.29, 0.717) is 24.3 Å². The third-order valence-electron chi connectivity index (χ3n) is 7.58. The molecule has 2 N–H and O–H groups in total. The molecule has 2 aromatic carbocycles. The summed E-state index contributed by atoms with van der Waals surface area (Å²) in [6, 6.07) is 15.7. The molecule has 1 saturated carbocycles. The van der Waals surface area contributed by atoms with Crippen LogP contribution in [0.15, 0.2) is 48.5 Å². The summed E-state index contributed by atoms with van der Waals surface area (Å²) >= 11 is 6.16. The first kappa shape index (κ1) is 23.1. The molecule has 2 aliphatic rings. The second-order valence-corrected chi connectivity index (χ2v) is 10.1. The number of carbonyl (C=O) groups is 1. The summed E-state index contributed by atoms with van der Waals surface area (Å²) in [7, 11) is 1.41. The van der Waals surface area contributed by atoms with E-state index in [-0.39, 0.29) is 17.3 Å². The zero-order valence-electron chi connectivity index (χ0n) is 18.7. The lowest BCUT2D eigenvalue weighted by Crippen LogP contribution is -2.54. The normalized spacial score (nSPS) is 28.7. The number of alkyl halides is 1. The van der Waals surface area contributed by atoms with E-state index in [2.05, 4.69) is 17.4 Å². The van der Waals surface area contributed by atoms with Gasteiger partial charge in [0.2, 0.25) is 0 Å². The Morgan fingerprint density at radius 2 is 1.94 bits per heavy atom. The fraction of sp³-hybridized carbons (Fsp3) is 0.500. The van der Waals surface area contributed by atoms with Gasteiger partial charge in [0.15, 0.2) is 0 Å². The molecule has 0 aliphatic heterocycles. The van der Waals surface area contributed by atoms with Crippen LogP contribution in [-0.2, 0) is 21.4 Å². The smallest absolute Gasteiger partial charge is 0.331 e. The molecule has 32 heavy (non-hydrogen) atoms. The number of anilines is 1. The molecule has 0 aromatic heterocycles. The van der Waals surface area contributed by atoms with E-state index in [1.165, 1.54) is 25.2 Å². The maximum Gasteiger partial charge on any atom is 0.331 e. The number of hydrogen-bond acceptors (Lipinski definition) is 4. The average Bonchev–Trinajstić information content (AvgIpc) is 3.07. The van der Waals surface area contributed by atoms with Crippen LogP contribution in [0.4, 0.5) is 10.1 Å². The molecule has 0 heterocycles.